The van der Waals surface area contributed by atoms with Gasteiger partial charge >= 0.3 is 0 Å². The van der Waals surface area contributed by atoms with Gasteiger partial charge in [-0.05, 0) is 60.4 Å². The van der Waals surface area contributed by atoms with Crippen molar-refractivity contribution in [2.45, 2.75) is 19.3 Å². The van der Waals surface area contributed by atoms with Crippen LogP contribution in [0, 0.1) is 0 Å². The van der Waals surface area contributed by atoms with Crippen LogP contribution in [0.3, 0.4) is 0 Å². The van der Waals surface area contributed by atoms with E-state index in [4.69, 9.17) is 0 Å². The minimum absolute atomic E-state index is 0.0449. The molecule has 2 amide bonds. The second-order valence-electron chi connectivity index (χ2n) is 7.51. The lowest BCUT2D eigenvalue weighted by Gasteiger charge is -2.26. The van der Waals surface area contributed by atoms with Crippen LogP contribution in [0.4, 0.5) is 11.4 Å². The van der Waals surface area contributed by atoms with Crippen LogP contribution in [-0.4, -0.2) is 48.0 Å². The summed E-state index contributed by atoms with van der Waals surface area (Å²) in [7, 11) is 0. The van der Waals surface area contributed by atoms with Gasteiger partial charge < -0.3 is 15.3 Å². The SMILES string of the molecule is O=C(CN1CC=C(c2ccc(O)cc2)CC1)Nc1ccc(N2CCCC2=O)cc1. The van der Waals surface area contributed by atoms with Crippen LogP contribution >= 0.6 is 0 Å². The molecule has 1 fully saturated rings. The Bertz CT molecular complexity index is 919. The number of hydrogen-bond donors (Lipinski definition) is 2. The Morgan fingerprint density at radius 2 is 1.76 bits per heavy atom. The number of nitrogens with one attached hydrogen (secondary N) is 1. The Morgan fingerprint density at radius 1 is 1.00 bits per heavy atom. The standard InChI is InChI=1S/C23H25N3O3/c27-21-9-3-17(4-10-21)18-11-14-25(15-12-18)16-22(28)24-19-5-7-20(8-6-19)26-13-1-2-23(26)29/h3-11,27H,1-2,12-16H2,(H,24,28). The van der Waals surface area contributed by atoms with Crippen LogP contribution in [-0.2, 0) is 9.59 Å². The first-order valence-electron chi connectivity index (χ1n) is 9.99. The molecule has 4 rings (SSSR count). The first kappa shape index (κ1) is 19.2. The molecular formula is C23H25N3O3. The molecule has 2 N–H and O–H groups in total. The quantitative estimate of drug-likeness (QED) is 0.821. The zero-order valence-electron chi connectivity index (χ0n) is 16.3. The summed E-state index contributed by atoms with van der Waals surface area (Å²) in [4.78, 5) is 28.1. The molecule has 0 aromatic heterocycles. The molecule has 2 aliphatic rings. The van der Waals surface area contributed by atoms with Gasteiger partial charge in [0.25, 0.3) is 0 Å². The van der Waals surface area contributed by atoms with Gasteiger partial charge in [-0.2, -0.15) is 0 Å². The molecule has 6 heteroatoms. The summed E-state index contributed by atoms with van der Waals surface area (Å²) in [5, 5.41) is 12.3. The molecule has 2 aromatic rings. The number of aromatic hydroxyl groups is 1. The van der Waals surface area contributed by atoms with E-state index < -0.39 is 0 Å². The van der Waals surface area contributed by atoms with Crippen LogP contribution in [0.25, 0.3) is 5.57 Å². The predicted molar refractivity (Wildman–Crippen MR) is 114 cm³/mol. The summed E-state index contributed by atoms with van der Waals surface area (Å²) in [6.45, 7) is 2.64. The van der Waals surface area contributed by atoms with E-state index in [9.17, 15) is 14.7 Å². The van der Waals surface area contributed by atoms with Crippen LogP contribution in [0.1, 0.15) is 24.8 Å². The minimum atomic E-state index is -0.0449. The van der Waals surface area contributed by atoms with Crippen molar-refractivity contribution >= 4 is 28.8 Å². The summed E-state index contributed by atoms with van der Waals surface area (Å²) >= 11 is 0. The Labute approximate surface area is 170 Å². The number of amides is 2. The maximum absolute atomic E-state index is 12.4. The molecule has 2 heterocycles. The molecule has 0 bridgehead atoms. The van der Waals surface area contributed by atoms with Crippen LogP contribution in [0.5, 0.6) is 5.75 Å². The first-order chi connectivity index (χ1) is 14.1. The Hall–Kier alpha value is -3.12. The normalized spacial score (nSPS) is 17.3. The highest BCUT2D eigenvalue weighted by Crippen LogP contribution is 2.25. The van der Waals surface area contributed by atoms with Gasteiger partial charge in [0.15, 0.2) is 0 Å². The van der Waals surface area contributed by atoms with Gasteiger partial charge in [-0.1, -0.05) is 18.2 Å². The molecule has 150 valence electrons. The third-order valence-corrected chi connectivity index (χ3v) is 5.43. The third-order valence-electron chi connectivity index (χ3n) is 5.43. The molecule has 0 spiro atoms. The van der Waals surface area contributed by atoms with Gasteiger partial charge in [0.2, 0.25) is 11.8 Å². The van der Waals surface area contributed by atoms with Gasteiger partial charge in [0, 0.05) is 37.4 Å². The molecule has 0 saturated carbocycles. The van der Waals surface area contributed by atoms with Crippen LogP contribution in [0.2, 0.25) is 0 Å². The second-order valence-corrected chi connectivity index (χ2v) is 7.51. The fraction of sp³-hybridized carbons (Fsp3) is 0.304. The summed E-state index contributed by atoms with van der Waals surface area (Å²) in [6, 6.07) is 14.7. The molecule has 0 aliphatic carbocycles. The lowest BCUT2D eigenvalue weighted by atomic mass is 9.99. The van der Waals surface area contributed by atoms with Crippen molar-refractivity contribution in [1.82, 2.24) is 4.90 Å². The van der Waals surface area contributed by atoms with Crippen molar-refractivity contribution in [3.8, 4) is 5.75 Å². The van der Waals surface area contributed by atoms with E-state index in [0.717, 1.165) is 49.4 Å². The number of benzene rings is 2. The molecule has 6 nitrogen and oxygen atoms in total. The molecule has 29 heavy (non-hydrogen) atoms. The molecule has 2 aliphatic heterocycles. The van der Waals surface area contributed by atoms with E-state index in [-0.39, 0.29) is 17.6 Å². The average molecular weight is 391 g/mol. The summed E-state index contributed by atoms with van der Waals surface area (Å²) < 4.78 is 0. The number of nitrogens with zero attached hydrogens (tertiary/aromatic N) is 2. The number of phenols is 1. The summed E-state index contributed by atoms with van der Waals surface area (Å²) in [5.41, 5.74) is 3.98. The highest BCUT2D eigenvalue weighted by Gasteiger charge is 2.21. The molecule has 2 aromatic carbocycles. The van der Waals surface area contributed by atoms with Gasteiger partial charge in [-0.25, -0.2) is 0 Å². The van der Waals surface area contributed by atoms with Crippen molar-refractivity contribution < 1.29 is 14.7 Å². The third kappa shape index (κ3) is 4.66. The number of carbonyl (C=O) groups is 2. The number of phenolic OH excluding ortho intramolecular Hbond substituents is 1. The van der Waals surface area contributed by atoms with Crippen molar-refractivity contribution in [2.24, 2.45) is 0 Å². The Morgan fingerprint density at radius 3 is 2.38 bits per heavy atom. The predicted octanol–water partition coefficient (Wildman–Crippen LogP) is 3.25. The van der Waals surface area contributed by atoms with Gasteiger partial charge in [-0.15, -0.1) is 0 Å². The largest absolute Gasteiger partial charge is 0.508 e. The fourth-order valence-electron chi connectivity index (χ4n) is 3.84. The number of rotatable bonds is 5. The highest BCUT2D eigenvalue weighted by molar-refractivity contribution is 5.96. The lowest BCUT2D eigenvalue weighted by molar-refractivity contribution is -0.118. The van der Waals surface area contributed by atoms with Crippen LogP contribution in [0.15, 0.2) is 54.6 Å². The zero-order chi connectivity index (χ0) is 20.2. The number of hydrogen-bond acceptors (Lipinski definition) is 4. The Kier molecular flexibility index (Phi) is 5.62. The van der Waals surface area contributed by atoms with E-state index >= 15 is 0 Å². The smallest absolute Gasteiger partial charge is 0.238 e. The molecule has 0 radical (unpaired) electrons. The van der Waals surface area contributed by atoms with Crippen molar-refractivity contribution in [3.05, 3.63) is 60.2 Å². The monoisotopic (exact) mass is 391 g/mol. The highest BCUT2D eigenvalue weighted by atomic mass is 16.3. The first-order valence-corrected chi connectivity index (χ1v) is 9.99. The van der Waals surface area contributed by atoms with Gasteiger partial charge in [0.1, 0.15) is 5.75 Å². The van der Waals surface area contributed by atoms with E-state index in [2.05, 4.69) is 16.3 Å². The molecule has 1 saturated heterocycles. The topological polar surface area (TPSA) is 72.9 Å². The van der Waals surface area contributed by atoms with E-state index in [1.807, 2.05) is 36.4 Å². The maximum atomic E-state index is 12.4. The molecule has 0 unspecified atom stereocenters. The fourth-order valence-corrected chi connectivity index (χ4v) is 3.84. The molecular weight excluding hydrogens is 366 g/mol. The van der Waals surface area contributed by atoms with E-state index in [1.54, 1.807) is 17.0 Å². The average Bonchev–Trinajstić information content (AvgIpc) is 3.16. The lowest BCUT2D eigenvalue weighted by Crippen LogP contribution is -2.36. The van der Waals surface area contributed by atoms with Crippen molar-refractivity contribution in [2.75, 3.05) is 36.4 Å². The zero-order valence-corrected chi connectivity index (χ0v) is 16.3. The summed E-state index contributed by atoms with van der Waals surface area (Å²) in [6.07, 6.45) is 4.52. The Balaban J connectivity index is 1.29. The van der Waals surface area contributed by atoms with Crippen molar-refractivity contribution in [1.29, 1.82) is 0 Å². The number of anilines is 2. The van der Waals surface area contributed by atoms with Crippen molar-refractivity contribution in [3.63, 3.8) is 0 Å². The number of carbonyl (C=O) groups excluding carboxylic acids is 2. The van der Waals surface area contributed by atoms with Gasteiger partial charge in [-0.3, -0.25) is 14.5 Å². The second kappa shape index (κ2) is 8.49. The van der Waals surface area contributed by atoms with E-state index in [1.165, 1.54) is 5.57 Å². The minimum Gasteiger partial charge on any atom is -0.508 e. The van der Waals surface area contributed by atoms with E-state index in [0.29, 0.717) is 13.0 Å². The molecule has 0 atom stereocenters. The summed E-state index contributed by atoms with van der Waals surface area (Å²) in [5.74, 6) is 0.381. The maximum Gasteiger partial charge on any atom is 0.238 e. The van der Waals surface area contributed by atoms with Crippen LogP contribution < -0.4 is 10.2 Å². The van der Waals surface area contributed by atoms with Gasteiger partial charge in [0.05, 0.1) is 6.54 Å².